The Morgan fingerprint density at radius 2 is 2.03 bits per heavy atom. The fraction of sp³-hybridized carbons (Fsp3) is 0.556. The van der Waals surface area contributed by atoms with Crippen LogP contribution in [0.15, 0.2) is 6.07 Å². The fourth-order valence-electron chi connectivity index (χ4n) is 2.70. The van der Waals surface area contributed by atoms with Crippen LogP contribution in [-0.4, -0.2) is 60.0 Å². The van der Waals surface area contributed by atoms with E-state index in [0.717, 1.165) is 0 Å². The molecule has 1 aromatic carbocycles. The van der Waals surface area contributed by atoms with Crippen LogP contribution >= 0.6 is 58.2 Å². The summed E-state index contributed by atoms with van der Waals surface area (Å²) < 4.78 is 11.7. The zero-order valence-electron chi connectivity index (χ0n) is 16.3. The molecule has 0 spiro atoms. The van der Waals surface area contributed by atoms with E-state index in [9.17, 15) is 14.7 Å². The van der Waals surface area contributed by atoms with Crippen molar-refractivity contribution >= 4 is 70.3 Å². The lowest BCUT2D eigenvalue weighted by atomic mass is 10.1. The molecule has 7 nitrogen and oxygen atoms in total. The quantitative estimate of drug-likeness (QED) is 0.395. The van der Waals surface area contributed by atoms with Gasteiger partial charge in [0.2, 0.25) is 0 Å². The van der Waals surface area contributed by atoms with Gasteiger partial charge in [-0.2, -0.15) is 0 Å². The summed E-state index contributed by atoms with van der Waals surface area (Å²) in [4.78, 5) is 25.4. The minimum atomic E-state index is -1.12. The van der Waals surface area contributed by atoms with Gasteiger partial charge in [-0.05, 0) is 49.4 Å². The van der Waals surface area contributed by atoms with Gasteiger partial charge in [-0.15, -0.1) is 12.4 Å². The van der Waals surface area contributed by atoms with Gasteiger partial charge in [0.05, 0.1) is 32.4 Å². The molecule has 1 aliphatic rings. The summed E-state index contributed by atoms with van der Waals surface area (Å²) in [6.45, 7) is 7.39. The standard InChI is InChI=1S/C18H23Cl2IN2O5.ClH/c1-18(2,3)28-17(26)23-5-4-22-10(7-23)8-27-9-12-11(16(24)25)6-13(19)15(21)14(12)20;/h6,10,22H,4-5,7-9H2,1-3H3,(H,24,25);1H/t10-;/m0./s1. The van der Waals surface area contributed by atoms with Gasteiger partial charge >= 0.3 is 12.1 Å². The zero-order chi connectivity index (χ0) is 21.1. The van der Waals surface area contributed by atoms with E-state index in [1.54, 1.807) is 4.90 Å². The number of ether oxygens (including phenoxy) is 2. The van der Waals surface area contributed by atoms with E-state index < -0.39 is 11.6 Å². The Morgan fingerprint density at radius 3 is 2.62 bits per heavy atom. The number of nitrogens with zero attached hydrogens (tertiary/aromatic N) is 1. The molecule has 1 atom stereocenters. The van der Waals surface area contributed by atoms with Crippen LogP contribution in [0.3, 0.4) is 0 Å². The van der Waals surface area contributed by atoms with Gasteiger partial charge in [-0.1, -0.05) is 23.2 Å². The van der Waals surface area contributed by atoms with Crippen LogP contribution in [0, 0.1) is 3.57 Å². The van der Waals surface area contributed by atoms with Crippen LogP contribution < -0.4 is 5.32 Å². The Morgan fingerprint density at radius 1 is 1.38 bits per heavy atom. The molecule has 1 fully saturated rings. The monoisotopic (exact) mass is 580 g/mol. The van der Waals surface area contributed by atoms with Crippen LogP contribution in [0.1, 0.15) is 36.7 Å². The third kappa shape index (κ3) is 7.59. The predicted octanol–water partition coefficient (Wildman–Crippen LogP) is 4.44. The van der Waals surface area contributed by atoms with Gasteiger partial charge in [0, 0.05) is 31.2 Å². The van der Waals surface area contributed by atoms with Crippen molar-refractivity contribution in [1.29, 1.82) is 0 Å². The number of carboxylic acids is 1. The Kier molecular flexibility index (Phi) is 10.2. The van der Waals surface area contributed by atoms with Crippen LogP contribution in [0.2, 0.25) is 10.0 Å². The second-order valence-electron chi connectivity index (χ2n) is 7.41. The largest absolute Gasteiger partial charge is 0.478 e. The molecule has 0 radical (unpaired) electrons. The van der Waals surface area contributed by atoms with Crippen molar-refractivity contribution in [3.63, 3.8) is 0 Å². The SMILES string of the molecule is CC(C)(C)OC(=O)N1CCN[C@H](COCc2c(C(=O)O)cc(Cl)c(I)c2Cl)C1.Cl. The molecule has 0 saturated carbocycles. The van der Waals surface area contributed by atoms with Crippen molar-refractivity contribution in [2.24, 2.45) is 0 Å². The highest BCUT2D eigenvalue weighted by Gasteiger charge is 2.27. The van der Waals surface area contributed by atoms with Crippen molar-refractivity contribution in [3.8, 4) is 0 Å². The lowest BCUT2D eigenvalue weighted by Crippen LogP contribution is -2.55. The number of amides is 1. The van der Waals surface area contributed by atoms with Crippen LogP contribution in [-0.2, 0) is 16.1 Å². The maximum atomic E-state index is 12.2. The first-order chi connectivity index (χ1) is 13.0. The molecule has 164 valence electrons. The van der Waals surface area contributed by atoms with E-state index in [1.807, 2.05) is 43.4 Å². The van der Waals surface area contributed by atoms with Crippen LogP contribution in [0.25, 0.3) is 0 Å². The number of rotatable bonds is 5. The predicted molar refractivity (Wildman–Crippen MR) is 123 cm³/mol. The van der Waals surface area contributed by atoms with Gasteiger partial charge in [-0.3, -0.25) is 0 Å². The summed E-state index contributed by atoms with van der Waals surface area (Å²) in [5, 5.41) is 13.2. The Hall–Kier alpha value is -0.520. The molecule has 11 heteroatoms. The smallest absolute Gasteiger partial charge is 0.410 e. The van der Waals surface area contributed by atoms with Crippen molar-refractivity contribution in [1.82, 2.24) is 10.2 Å². The molecule has 1 aromatic rings. The molecule has 2 N–H and O–H groups in total. The van der Waals surface area contributed by atoms with Gasteiger partial charge in [-0.25, -0.2) is 9.59 Å². The van der Waals surface area contributed by atoms with E-state index in [4.69, 9.17) is 32.7 Å². The molecule has 1 amide bonds. The summed E-state index contributed by atoms with van der Waals surface area (Å²) in [5.41, 5.74) is -0.158. The molecule has 29 heavy (non-hydrogen) atoms. The normalized spacial score (nSPS) is 16.9. The summed E-state index contributed by atoms with van der Waals surface area (Å²) in [6.07, 6.45) is -0.359. The summed E-state index contributed by atoms with van der Waals surface area (Å²) in [5.74, 6) is -1.12. The molecule has 0 unspecified atom stereocenters. The third-order valence-electron chi connectivity index (χ3n) is 3.97. The number of nitrogens with one attached hydrogen (secondary N) is 1. The van der Waals surface area contributed by atoms with Gasteiger partial charge in [0.15, 0.2) is 0 Å². The average molecular weight is 582 g/mol. The fourth-order valence-corrected chi connectivity index (χ4v) is 3.69. The first kappa shape index (κ1) is 26.5. The Labute approximate surface area is 199 Å². The first-order valence-electron chi connectivity index (χ1n) is 8.68. The maximum absolute atomic E-state index is 12.2. The number of halogens is 4. The second-order valence-corrected chi connectivity index (χ2v) is 9.27. The molecule has 1 saturated heterocycles. The molecule has 2 rings (SSSR count). The topological polar surface area (TPSA) is 88.1 Å². The lowest BCUT2D eigenvalue weighted by Gasteiger charge is -2.34. The highest BCUT2D eigenvalue weighted by molar-refractivity contribution is 14.1. The van der Waals surface area contributed by atoms with Crippen molar-refractivity contribution in [3.05, 3.63) is 30.8 Å². The molecule has 1 aliphatic heterocycles. The second kappa shape index (κ2) is 11.2. The van der Waals surface area contributed by atoms with E-state index >= 15 is 0 Å². The number of hydrogen-bond donors (Lipinski definition) is 2. The summed E-state index contributed by atoms with van der Waals surface area (Å²) in [7, 11) is 0. The highest BCUT2D eigenvalue weighted by atomic mass is 127. The molecule has 0 bridgehead atoms. The molecular formula is C18H24Cl3IN2O5. The van der Waals surface area contributed by atoms with Crippen LogP contribution in [0.4, 0.5) is 4.79 Å². The number of carboxylic acid groups (broad SMARTS) is 1. The van der Waals surface area contributed by atoms with Crippen molar-refractivity contribution in [2.75, 3.05) is 26.2 Å². The molecule has 0 aromatic heterocycles. The number of carbonyl (C=O) groups is 2. The van der Waals surface area contributed by atoms with Crippen LogP contribution in [0.5, 0.6) is 0 Å². The lowest BCUT2D eigenvalue weighted by molar-refractivity contribution is 0.0126. The minimum Gasteiger partial charge on any atom is -0.478 e. The number of hydrogen-bond acceptors (Lipinski definition) is 5. The van der Waals surface area contributed by atoms with Gasteiger partial charge < -0.3 is 24.8 Å². The van der Waals surface area contributed by atoms with E-state index in [2.05, 4.69) is 5.32 Å². The van der Waals surface area contributed by atoms with Crippen molar-refractivity contribution < 1.29 is 24.2 Å². The highest BCUT2D eigenvalue weighted by Crippen LogP contribution is 2.33. The average Bonchev–Trinajstić information content (AvgIpc) is 2.60. The minimum absolute atomic E-state index is 0. The maximum Gasteiger partial charge on any atom is 0.410 e. The van der Waals surface area contributed by atoms with Gasteiger partial charge in [0.1, 0.15) is 5.60 Å². The van der Waals surface area contributed by atoms with E-state index in [-0.39, 0.29) is 53.4 Å². The Bertz CT molecular complexity index is 758. The van der Waals surface area contributed by atoms with E-state index in [0.29, 0.717) is 28.8 Å². The molecule has 0 aliphatic carbocycles. The van der Waals surface area contributed by atoms with Crippen molar-refractivity contribution in [2.45, 2.75) is 39.0 Å². The molecule has 1 heterocycles. The van der Waals surface area contributed by atoms with E-state index in [1.165, 1.54) is 6.07 Å². The first-order valence-corrected chi connectivity index (χ1v) is 10.5. The Balaban J connectivity index is 0.00000420. The number of aromatic carboxylic acids is 1. The third-order valence-corrected chi connectivity index (χ3v) is 6.44. The number of carbonyl (C=O) groups excluding carboxylic acids is 1. The molecular weight excluding hydrogens is 557 g/mol. The summed E-state index contributed by atoms with van der Waals surface area (Å²) >= 11 is 14.3. The van der Waals surface area contributed by atoms with Gasteiger partial charge in [0.25, 0.3) is 0 Å². The summed E-state index contributed by atoms with van der Waals surface area (Å²) in [6, 6.07) is 1.28. The number of piperazine rings is 1. The number of benzene rings is 1. The zero-order valence-corrected chi connectivity index (χ0v) is 20.7.